The minimum Gasteiger partial charge on any atom is -0.382 e. The van der Waals surface area contributed by atoms with E-state index in [1.54, 1.807) is 6.20 Å². The van der Waals surface area contributed by atoms with Crippen LogP contribution in [0.3, 0.4) is 0 Å². The van der Waals surface area contributed by atoms with Crippen LogP contribution in [-0.2, 0) is 7.05 Å². The van der Waals surface area contributed by atoms with E-state index in [1.165, 1.54) is 5.56 Å². The molecule has 4 heteroatoms. The van der Waals surface area contributed by atoms with Crippen LogP contribution in [0.2, 0.25) is 0 Å². The van der Waals surface area contributed by atoms with Crippen molar-refractivity contribution in [1.82, 2.24) is 14.8 Å². The monoisotopic (exact) mass is 190 g/mol. The van der Waals surface area contributed by atoms with Gasteiger partial charge in [0.05, 0.1) is 11.7 Å². The highest BCUT2D eigenvalue weighted by molar-refractivity contribution is 5.92. The van der Waals surface area contributed by atoms with Crippen molar-refractivity contribution in [1.29, 1.82) is 0 Å². The molecule has 2 N–H and O–H groups in total. The minimum atomic E-state index is 0.449. The summed E-state index contributed by atoms with van der Waals surface area (Å²) in [6, 6.07) is 0. The van der Waals surface area contributed by atoms with Crippen LogP contribution in [0.1, 0.15) is 25.3 Å². The Labute approximate surface area is 82.7 Å². The SMILES string of the molecule is CC(C)c1cn(C)c2cnnc(N)c12. The van der Waals surface area contributed by atoms with Crippen LogP contribution in [0.5, 0.6) is 0 Å². The van der Waals surface area contributed by atoms with E-state index in [-0.39, 0.29) is 0 Å². The van der Waals surface area contributed by atoms with Gasteiger partial charge in [-0.3, -0.25) is 0 Å². The molecule has 2 heterocycles. The molecule has 0 spiro atoms. The van der Waals surface area contributed by atoms with Crippen LogP contribution >= 0.6 is 0 Å². The van der Waals surface area contributed by atoms with Gasteiger partial charge in [0, 0.05) is 18.6 Å². The average molecular weight is 190 g/mol. The van der Waals surface area contributed by atoms with Gasteiger partial charge in [-0.15, -0.1) is 5.10 Å². The molecule has 0 saturated carbocycles. The summed E-state index contributed by atoms with van der Waals surface area (Å²) in [4.78, 5) is 0. The highest BCUT2D eigenvalue weighted by Gasteiger charge is 2.12. The number of aromatic nitrogens is 3. The Kier molecular flexibility index (Phi) is 1.91. The number of fused-ring (bicyclic) bond motifs is 1. The summed E-state index contributed by atoms with van der Waals surface area (Å²) in [5.74, 6) is 0.969. The molecule has 0 aliphatic rings. The summed E-state index contributed by atoms with van der Waals surface area (Å²) in [7, 11) is 2.00. The number of nitrogens with zero attached hydrogens (tertiary/aromatic N) is 3. The molecule has 0 fully saturated rings. The summed E-state index contributed by atoms with van der Waals surface area (Å²) in [6.07, 6.45) is 3.84. The van der Waals surface area contributed by atoms with Crippen LogP contribution in [0.4, 0.5) is 5.82 Å². The van der Waals surface area contributed by atoms with Gasteiger partial charge in [0.2, 0.25) is 0 Å². The fourth-order valence-electron chi connectivity index (χ4n) is 1.74. The molecule has 0 aromatic carbocycles. The Morgan fingerprint density at radius 3 is 2.79 bits per heavy atom. The zero-order chi connectivity index (χ0) is 10.3. The lowest BCUT2D eigenvalue weighted by atomic mass is 10.0. The largest absolute Gasteiger partial charge is 0.382 e. The molecule has 0 aliphatic carbocycles. The Balaban J connectivity index is 2.86. The Hall–Kier alpha value is -1.58. The third kappa shape index (κ3) is 1.14. The maximum atomic E-state index is 5.82. The predicted molar refractivity (Wildman–Crippen MR) is 57.0 cm³/mol. The summed E-state index contributed by atoms with van der Waals surface area (Å²) in [5.41, 5.74) is 8.10. The zero-order valence-corrected chi connectivity index (χ0v) is 8.65. The Morgan fingerprint density at radius 2 is 2.14 bits per heavy atom. The van der Waals surface area contributed by atoms with Crippen molar-refractivity contribution >= 4 is 16.7 Å². The maximum Gasteiger partial charge on any atom is 0.155 e. The number of aryl methyl sites for hydroxylation is 1. The second-order valence-corrected chi connectivity index (χ2v) is 3.84. The van der Waals surface area contributed by atoms with Gasteiger partial charge in [-0.1, -0.05) is 13.8 Å². The lowest BCUT2D eigenvalue weighted by Gasteiger charge is -2.02. The molecule has 4 nitrogen and oxygen atoms in total. The second kappa shape index (κ2) is 2.97. The van der Waals surface area contributed by atoms with Crippen LogP contribution in [0.15, 0.2) is 12.4 Å². The van der Waals surface area contributed by atoms with Crippen molar-refractivity contribution in [2.24, 2.45) is 7.05 Å². The molecule has 0 aliphatic heterocycles. The molecule has 0 bridgehead atoms. The summed E-state index contributed by atoms with van der Waals surface area (Å²) < 4.78 is 2.04. The van der Waals surface area contributed by atoms with Crippen molar-refractivity contribution in [3.05, 3.63) is 18.0 Å². The predicted octanol–water partition coefficient (Wildman–Crippen LogP) is 1.67. The normalized spacial score (nSPS) is 11.4. The lowest BCUT2D eigenvalue weighted by Crippen LogP contribution is -1.95. The standard InChI is InChI=1S/C10H14N4/c1-6(2)7-5-14(3)8-4-12-13-10(11)9(7)8/h4-6H,1-3H3,(H2,11,13). The number of nitrogens with two attached hydrogens (primary N) is 1. The van der Waals surface area contributed by atoms with Gasteiger partial charge in [-0.25, -0.2) is 0 Å². The second-order valence-electron chi connectivity index (χ2n) is 3.84. The van der Waals surface area contributed by atoms with E-state index < -0.39 is 0 Å². The number of nitrogen functional groups attached to an aromatic ring is 1. The van der Waals surface area contributed by atoms with Crippen molar-refractivity contribution < 1.29 is 0 Å². The zero-order valence-electron chi connectivity index (χ0n) is 8.65. The molecule has 0 amide bonds. The minimum absolute atomic E-state index is 0.449. The van der Waals surface area contributed by atoms with Crippen molar-refractivity contribution in [2.75, 3.05) is 5.73 Å². The highest BCUT2D eigenvalue weighted by atomic mass is 15.1. The van der Waals surface area contributed by atoms with E-state index in [1.807, 2.05) is 11.6 Å². The molecule has 2 rings (SSSR count). The summed E-state index contributed by atoms with van der Waals surface area (Å²) in [5, 5.41) is 8.77. The molecular weight excluding hydrogens is 176 g/mol. The first-order valence-corrected chi connectivity index (χ1v) is 4.67. The summed E-state index contributed by atoms with van der Waals surface area (Å²) >= 11 is 0. The molecule has 0 atom stereocenters. The smallest absolute Gasteiger partial charge is 0.155 e. The van der Waals surface area contributed by atoms with Gasteiger partial charge >= 0.3 is 0 Å². The van der Waals surface area contributed by atoms with E-state index in [2.05, 4.69) is 30.2 Å². The molecule has 14 heavy (non-hydrogen) atoms. The first-order valence-electron chi connectivity index (χ1n) is 4.67. The van der Waals surface area contributed by atoms with Gasteiger partial charge in [0.1, 0.15) is 0 Å². The first kappa shape index (κ1) is 8.99. The average Bonchev–Trinajstić information content (AvgIpc) is 2.46. The number of rotatable bonds is 1. The van der Waals surface area contributed by atoms with Crippen LogP contribution < -0.4 is 5.73 Å². The van der Waals surface area contributed by atoms with Crippen molar-refractivity contribution in [3.63, 3.8) is 0 Å². The van der Waals surface area contributed by atoms with E-state index in [9.17, 15) is 0 Å². The fraction of sp³-hybridized carbons (Fsp3) is 0.400. The number of hydrogen-bond donors (Lipinski definition) is 1. The first-order chi connectivity index (χ1) is 6.61. The van der Waals surface area contributed by atoms with E-state index in [0.717, 1.165) is 10.9 Å². The van der Waals surface area contributed by atoms with E-state index in [4.69, 9.17) is 5.73 Å². The molecular formula is C10H14N4. The molecule has 0 unspecified atom stereocenters. The van der Waals surface area contributed by atoms with Gasteiger partial charge in [0.25, 0.3) is 0 Å². The van der Waals surface area contributed by atoms with Crippen molar-refractivity contribution in [2.45, 2.75) is 19.8 Å². The highest BCUT2D eigenvalue weighted by Crippen LogP contribution is 2.29. The quantitative estimate of drug-likeness (QED) is 0.744. The molecule has 2 aromatic rings. The lowest BCUT2D eigenvalue weighted by molar-refractivity contribution is 0.857. The maximum absolute atomic E-state index is 5.82. The van der Waals surface area contributed by atoms with Crippen LogP contribution in [0, 0.1) is 0 Å². The number of hydrogen-bond acceptors (Lipinski definition) is 3. The number of anilines is 1. The van der Waals surface area contributed by atoms with Gasteiger partial charge < -0.3 is 10.3 Å². The van der Waals surface area contributed by atoms with Gasteiger partial charge in [0.15, 0.2) is 5.82 Å². The molecule has 0 saturated heterocycles. The van der Waals surface area contributed by atoms with Crippen molar-refractivity contribution in [3.8, 4) is 0 Å². The van der Waals surface area contributed by atoms with Crippen LogP contribution in [0.25, 0.3) is 10.9 Å². The molecule has 0 radical (unpaired) electrons. The Bertz CT molecular complexity index is 470. The fourth-order valence-corrected chi connectivity index (χ4v) is 1.74. The molecule has 2 aromatic heterocycles. The van der Waals surface area contributed by atoms with E-state index >= 15 is 0 Å². The van der Waals surface area contributed by atoms with Gasteiger partial charge in [-0.2, -0.15) is 5.10 Å². The molecule has 74 valence electrons. The third-order valence-electron chi connectivity index (χ3n) is 2.48. The topological polar surface area (TPSA) is 56.7 Å². The third-order valence-corrected chi connectivity index (χ3v) is 2.48. The summed E-state index contributed by atoms with van der Waals surface area (Å²) in [6.45, 7) is 4.29. The van der Waals surface area contributed by atoms with E-state index in [0.29, 0.717) is 11.7 Å². The van der Waals surface area contributed by atoms with Crippen LogP contribution in [-0.4, -0.2) is 14.8 Å². The Morgan fingerprint density at radius 1 is 1.43 bits per heavy atom. The van der Waals surface area contributed by atoms with Gasteiger partial charge in [-0.05, 0) is 11.5 Å².